The van der Waals surface area contributed by atoms with E-state index < -0.39 is 26.6 Å². The van der Waals surface area contributed by atoms with E-state index in [1.165, 1.54) is 4.31 Å². The number of sulfonamides is 1. The molecule has 1 heterocycles. The number of halogens is 3. The fourth-order valence-corrected chi connectivity index (χ4v) is 3.51. The lowest BCUT2D eigenvalue weighted by Gasteiger charge is -2.31. The summed E-state index contributed by atoms with van der Waals surface area (Å²) < 4.78 is 51.9. The van der Waals surface area contributed by atoms with Crippen LogP contribution in [0.5, 0.6) is 0 Å². The summed E-state index contributed by atoms with van der Waals surface area (Å²) in [7, 11) is -3.89. The normalized spacial score (nSPS) is 20.9. The van der Waals surface area contributed by atoms with Crippen molar-refractivity contribution in [3.05, 3.63) is 29.8 Å². The third kappa shape index (κ3) is 3.42. The van der Waals surface area contributed by atoms with Crippen molar-refractivity contribution in [2.75, 3.05) is 19.6 Å². The van der Waals surface area contributed by atoms with E-state index in [0.717, 1.165) is 12.1 Å². The van der Waals surface area contributed by atoms with Crippen LogP contribution in [0.1, 0.15) is 6.92 Å². The minimum Gasteiger partial charge on any atom is -0.312 e. The van der Waals surface area contributed by atoms with Gasteiger partial charge in [-0.2, -0.15) is 4.31 Å². The summed E-state index contributed by atoms with van der Waals surface area (Å²) >= 11 is 0. The summed E-state index contributed by atoms with van der Waals surface area (Å²) in [6.07, 6.45) is 0. The summed E-state index contributed by atoms with van der Waals surface area (Å²) in [5.41, 5.74) is 0. The van der Waals surface area contributed by atoms with E-state index >= 15 is 0 Å². The zero-order valence-electron chi connectivity index (χ0n) is 10.3. The second kappa shape index (κ2) is 6.13. The molecular formula is C11H15ClF2N2O2S. The maximum atomic E-state index is 13.5. The Labute approximate surface area is 117 Å². The average Bonchev–Trinajstić information content (AvgIpc) is 2.28. The number of piperazine rings is 1. The van der Waals surface area contributed by atoms with Gasteiger partial charge in [-0.1, -0.05) is 0 Å². The van der Waals surface area contributed by atoms with Gasteiger partial charge >= 0.3 is 0 Å². The monoisotopic (exact) mass is 312 g/mol. The fraction of sp³-hybridized carbons (Fsp3) is 0.455. The predicted octanol–water partition coefficient (Wildman–Crippen LogP) is 1.37. The highest BCUT2D eigenvalue weighted by Gasteiger charge is 2.30. The standard InChI is InChI=1S/C11H14F2N2O2S.ClH/c1-8-7-15(5-4-14-8)18(16,17)11-3-2-9(12)6-10(11)13;/h2-3,6,8,14H,4-5,7H2,1H3;1H/t8-;/m0./s1. The van der Waals surface area contributed by atoms with Gasteiger partial charge in [-0.15, -0.1) is 12.4 Å². The quantitative estimate of drug-likeness (QED) is 0.897. The van der Waals surface area contributed by atoms with Crippen LogP contribution in [0.15, 0.2) is 23.1 Å². The van der Waals surface area contributed by atoms with Gasteiger partial charge in [0.1, 0.15) is 16.5 Å². The van der Waals surface area contributed by atoms with Gasteiger partial charge in [0.25, 0.3) is 0 Å². The van der Waals surface area contributed by atoms with E-state index in [9.17, 15) is 17.2 Å². The van der Waals surface area contributed by atoms with E-state index in [1.54, 1.807) is 0 Å². The molecule has 1 saturated heterocycles. The smallest absolute Gasteiger partial charge is 0.246 e. The molecule has 0 radical (unpaired) electrons. The van der Waals surface area contributed by atoms with Crippen molar-refractivity contribution in [1.82, 2.24) is 9.62 Å². The van der Waals surface area contributed by atoms with Crippen molar-refractivity contribution in [3.8, 4) is 0 Å². The summed E-state index contributed by atoms with van der Waals surface area (Å²) in [5, 5.41) is 3.10. The van der Waals surface area contributed by atoms with Crippen molar-refractivity contribution in [2.24, 2.45) is 0 Å². The maximum Gasteiger partial charge on any atom is 0.246 e. The Balaban J connectivity index is 0.00000180. The Morgan fingerprint density at radius 1 is 1.37 bits per heavy atom. The van der Waals surface area contributed by atoms with Gasteiger partial charge in [-0.3, -0.25) is 0 Å². The van der Waals surface area contributed by atoms with Crippen LogP contribution in [0.3, 0.4) is 0 Å². The molecule has 108 valence electrons. The van der Waals surface area contributed by atoms with Gasteiger partial charge in [0.15, 0.2) is 0 Å². The third-order valence-corrected chi connectivity index (χ3v) is 4.74. The second-order valence-corrected chi connectivity index (χ2v) is 6.20. The molecule has 0 amide bonds. The first-order chi connectivity index (χ1) is 8.41. The van der Waals surface area contributed by atoms with Gasteiger partial charge in [-0.25, -0.2) is 17.2 Å². The van der Waals surface area contributed by atoms with Crippen LogP contribution in [0.4, 0.5) is 8.78 Å². The average molecular weight is 313 g/mol. The Morgan fingerprint density at radius 3 is 2.63 bits per heavy atom. The molecule has 1 aliphatic heterocycles. The number of nitrogens with zero attached hydrogens (tertiary/aromatic N) is 1. The third-order valence-electron chi connectivity index (χ3n) is 2.84. The van der Waals surface area contributed by atoms with E-state index in [1.807, 2.05) is 6.92 Å². The molecule has 1 atom stereocenters. The second-order valence-electron chi connectivity index (χ2n) is 4.29. The molecule has 8 heteroatoms. The molecule has 1 aliphatic rings. The van der Waals surface area contributed by atoms with Crippen molar-refractivity contribution in [1.29, 1.82) is 0 Å². The molecule has 0 aliphatic carbocycles. The van der Waals surface area contributed by atoms with Crippen molar-refractivity contribution < 1.29 is 17.2 Å². The molecule has 19 heavy (non-hydrogen) atoms. The van der Waals surface area contributed by atoms with Crippen molar-refractivity contribution in [3.63, 3.8) is 0 Å². The molecule has 1 N–H and O–H groups in total. The first-order valence-corrected chi connectivity index (χ1v) is 7.04. The van der Waals surface area contributed by atoms with Gasteiger partial charge in [0, 0.05) is 31.7 Å². The molecule has 0 aromatic heterocycles. The zero-order valence-corrected chi connectivity index (χ0v) is 11.9. The lowest BCUT2D eigenvalue weighted by Crippen LogP contribution is -2.51. The first-order valence-electron chi connectivity index (χ1n) is 5.60. The van der Waals surface area contributed by atoms with Crippen LogP contribution < -0.4 is 5.32 Å². The summed E-state index contributed by atoms with van der Waals surface area (Å²) in [6, 6.07) is 2.50. The van der Waals surface area contributed by atoms with E-state index in [0.29, 0.717) is 12.6 Å². The predicted molar refractivity (Wildman–Crippen MR) is 69.8 cm³/mol. The van der Waals surface area contributed by atoms with Gasteiger partial charge in [-0.05, 0) is 19.1 Å². The number of benzene rings is 1. The molecule has 2 rings (SSSR count). The lowest BCUT2D eigenvalue weighted by atomic mass is 10.3. The lowest BCUT2D eigenvalue weighted by molar-refractivity contribution is 0.309. The van der Waals surface area contributed by atoms with E-state index in [4.69, 9.17) is 0 Å². The first kappa shape index (κ1) is 16.3. The largest absolute Gasteiger partial charge is 0.312 e. The Hall–Kier alpha value is -0.760. The fourth-order valence-electron chi connectivity index (χ4n) is 1.94. The SMILES string of the molecule is C[C@H]1CN(S(=O)(=O)c2ccc(F)cc2F)CCN1.Cl. The molecular weight excluding hydrogens is 298 g/mol. The maximum absolute atomic E-state index is 13.5. The molecule has 1 aromatic rings. The number of nitrogens with one attached hydrogen (secondary N) is 1. The molecule has 0 unspecified atom stereocenters. The van der Waals surface area contributed by atoms with Gasteiger partial charge in [0.05, 0.1) is 0 Å². The summed E-state index contributed by atoms with van der Waals surface area (Å²) in [5.74, 6) is -1.85. The zero-order chi connectivity index (χ0) is 13.3. The molecule has 0 spiro atoms. The minimum absolute atomic E-state index is 0. The number of hydrogen-bond acceptors (Lipinski definition) is 3. The van der Waals surface area contributed by atoms with E-state index in [-0.39, 0.29) is 31.5 Å². The Morgan fingerprint density at radius 2 is 2.05 bits per heavy atom. The highest BCUT2D eigenvalue weighted by atomic mass is 35.5. The van der Waals surface area contributed by atoms with E-state index in [2.05, 4.69) is 5.32 Å². The highest BCUT2D eigenvalue weighted by Crippen LogP contribution is 2.21. The van der Waals surface area contributed by atoms with Crippen LogP contribution in [-0.2, 0) is 10.0 Å². The van der Waals surface area contributed by atoms with Crippen molar-refractivity contribution >= 4 is 22.4 Å². The van der Waals surface area contributed by atoms with Crippen LogP contribution in [0.2, 0.25) is 0 Å². The van der Waals surface area contributed by atoms with Gasteiger partial charge < -0.3 is 5.32 Å². The molecule has 1 fully saturated rings. The van der Waals surface area contributed by atoms with Crippen LogP contribution >= 0.6 is 12.4 Å². The topological polar surface area (TPSA) is 49.4 Å². The van der Waals surface area contributed by atoms with Crippen LogP contribution in [0, 0.1) is 11.6 Å². The minimum atomic E-state index is -3.89. The Kier molecular flexibility index (Phi) is 5.26. The molecule has 0 bridgehead atoms. The van der Waals surface area contributed by atoms with Crippen LogP contribution in [-0.4, -0.2) is 38.4 Å². The van der Waals surface area contributed by atoms with Gasteiger partial charge in [0.2, 0.25) is 10.0 Å². The Bertz CT molecular complexity index is 554. The molecule has 0 saturated carbocycles. The molecule has 1 aromatic carbocycles. The molecule has 4 nitrogen and oxygen atoms in total. The van der Waals surface area contributed by atoms with Crippen LogP contribution in [0.25, 0.3) is 0 Å². The number of rotatable bonds is 2. The van der Waals surface area contributed by atoms with Crippen molar-refractivity contribution in [2.45, 2.75) is 17.9 Å². The highest BCUT2D eigenvalue weighted by molar-refractivity contribution is 7.89. The number of hydrogen-bond donors (Lipinski definition) is 1. The summed E-state index contributed by atoms with van der Waals surface area (Å²) in [4.78, 5) is -0.474. The summed E-state index contributed by atoms with van der Waals surface area (Å²) in [6.45, 7) is 2.93.